The molecule has 0 aromatic heterocycles. The van der Waals surface area contributed by atoms with Crippen LogP contribution in [0.5, 0.6) is 0 Å². The summed E-state index contributed by atoms with van der Waals surface area (Å²) in [6.07, 6.45) is 3.98. The van der Waals surface area contributed by atoms with Crippen LogP contribution in [0, 0.1) is 0 Å². The summed E-state index contributed by atoms with van der Waals surface area (Å²) in [4.78, 5) is 0. The van der Waals surface area contributed by atoms with Gasteiger partial charge in [0.15, 0.2) is 0 Å². The Bertz CT molecular complexity index is 205. The van der Waals surface area contributed by atoms with Crippen LogP contribution >= 0.6 is 0 Å². The predicted octanol–water partition coefficient (Wildman–Crippen LogP) is 2.67. The van der Waals surface area contributed by atoms with E-state index in [4.69, 9.17) is 0 Å². The summed E-state index contributed by atoms with van der Waals surface area (Å²) in [5, 5.41) is 0. The van der Waals surface area contributed by atoms with Gasteiger partial charge in [-0.1, -0.05) is 6.92 Å². The molecule has 3 heteroatoms. The first kappa shape index (κ1) is 22.2. The second-order valence-electron chi connectivity index (χ2n) is 8.71. The van der Waals surface area contributed by atoms with Crippen LogP contribution in [0.2, 0.25) is 0 Å². The molecule has 0 atom stereocenters. The first-order chi connectivity index (χ1) is 8.83. The largest absolute Gasteiger partial charge is 0.331 e. The zero-order valence-electron chi connectivity index (χ0n) is 16.3. The molecule has 0 fully saturated rings. The van der Waals surface area contributed by atoms with Crippen molar-refractivity contribution in [3.63, 3.8) is 0 Å². The van der Waals surface area contributed by atoms with E-state index in [-0.39, 0.29) is 0 Å². The van der Waals surface area contributed by atoms with E-state index in [1.807, 2.05) is 0 Å². The summed E-state index contributed by atoms with van der Waals surface area (Å²) >= 11 is 0. The van der Waals surface area contributed by atoms with Crippen molar-refractivity contribution < 1.29 is 13.4 Å². The fourth-order valence-electron chi connectivity index (χ4n) is 1.94. The van der Waals surface area contributed by atoms with Crippen LogP contribution in [0.1, 0.15) is 33.1 Å². The first-order valence-corrected chi connectivity index (χ1v) is 8.26. The molecular weight excluding hydrogens is 246 g/mol. The van der Waals surface area contributed by atoms with Crippen LogP contribution in [0.15, 0.2) is 0 Å². The van der Waals surface area contributed by atoms with Crippen molar-refractivity contribution in [3.05, 3.63) is 0 Å². The Labute approximate surface area is 129 Å². The molecule has 20 heavy (non-hydrogen) atoms. The molecule has 0 radical (unpaired) electrons. The van der Waals surface area contributed by atoms with Gasteiger partial charge in [-0.05, 0) is 13.3 Å². The SMILES string of the molecule is CCC[N+](C)(C)CC.C[N+](C)(C)CCCC[N+](C)(C)C. The van der Waals surface area contributed by atoms with Crippen molar-refractivity contribution in [3.8, 4) is 0 Å². The van der Waals surface area contributed by atoms with Crippen molar-refractivity contribution in [2.45, 2.75) is 33.1 Å². The van der Waals surface area contributed by atoms with Crippen LogP contribution in [-0.2, 0) is 0 Å². The number of rotatable bonds is 8. The van der Waals surface area contributed by atoms with E-state index >= 15 is 0 Å². The van der Waals surface area contributed by atoms with Crippen molar-refractivity contribution in [2.75, 3.05) is 82.6 Å². The molecule has 0 aliphatic rings. The summed E-state index contributed by atoms with van der Waals surface area (Å²) in [6.45, 7) is 9.59. The fourth-order valence-corrected chi connectivity index (χ4v) is 1.94. The van der Waals surface area contributed by atoms with Gasteiger partial charge in [0.05, 0.1) is 82.6 Å². The molecule has 0 aliphatic heterocycles. The van der Waals surface area contributed by atoms with Crippen LogP contribution in [0.3, 0.4) is 0 Å². The molecule has 124 valence electrons. The highest BCUT2D eigenvalue weighted by molar-refractivity contribution is 4.37. The molecule has 0 aliphatic carbocycles. The standard InChI is InChI=1S/C10H26N2.C7H18N/c1-11(2,3)9-7-8-10-12(4,5)6;1-5-7-8(3,4)6-2/h7-10H2,1-6H3;5-7H2,1-4H3/q+2;+1. The molecule has 0 unspecified atom stereocenters. The van der Waals surface area contributed by atoms with Gasteiger partial charge in [-0.25, -0.2) is 0 Å². The quantitative estimate of drug-likeness (QED) is 0.476. The second kappa shape index (κ2) is 9.75. The lowest BCUT2D eigenvalue weighted by molar-refractivity contribution is -0.888. The summed E-state index contributed by atoms with van der Waals surface area (Å²) in [5.41, 5.74) is 0. The van der Waals surface area contributed by atoms with E-state index in [0.717, 1.165) is 13.4 Å². The van der Waals surface area contributed by atoms with Crippen molar-refractivity contribution in [1.82, 2.24) is 0 Å². The van der Waals surface area contributed by atoms with Gasteiger partial charge in [-0.3, -0.25) is 0 Å². The third-order valence-corrected chi connectivity index (χ3v) is 3.59. The summed E-state index contributed by atoms with van der Waals surface area (Å²) in [7, 11) is 18.1. The average molecular weight is 291 g/mol. The molecule has 0 heterocycles. The van der Waals surface area contributed by atoms with E-state index < -0.39 is 0 Å². The van der Waals surface area contributed by atoms with Crippen LogP contribution in [0.4, 0.5) is 0 Å². The maximum atomic E-state index is 2.27. The molecular formula is C17H44N3+3. The maximum Gasteiger partial charge on any atom is 0.0782 e. The van der Waals surface area contributed by atoms with Gasteiger partial charge >= 0.3 is 0 Å². The van der Waals surface area contributed by atoms with Gasteiger partial charge in [0.25, 0.3) is 0 Å². The Kier molecular flexibility index (Phi) is 10.8. The zero-order valence-corrected chi connectivity index (χ0v) is 16.3. The number of unbranched alkanes of at least 4 members (excludes halogenated alkanes) is 1. The van der Waals surface area contributed by atoms with Crippen molar-refractivity contribution >= 4 is 0 Å². The van der Waals surface area contributed by atoms with Crippen molar-refractivity contribution in [2.24, 2.45) is 0 Å². The lowest BCUT2D eigenvalue weighted by atomic mass is 10.2. The van der Waals surface area contributed by atoms with E-state index in [0.29, 0.717) is 0 Å². The first-order valence-electron chi connectivity index (χ1n) is 8.26. The maximum absolute atomic E-state index is 2.27. The molecule has 0 saturated carbocycles. The normalized spacial score (nSPS) is 12.9. The molecule has 0 saturated heterocycles. The highest BCUT2D eigenvalue weighted by Crippen LogP contribution is 2.01. The Morgan fingerprint density at radius 1 is 0.550 bits per heavy atom. The number of quaternary nitrogens is 3. The lowest BCUT2D eigenvalue weighted by Gasteiger charge is -2.27. The summed E-state index contributed by atoms with van der Waals surface area (Å²) in [6, 6.07) is 0. The molecule has 0 spiro atoms. The smallest absolute Gasteiger partial charge is 0.0782 e. The number of hydrogen-bond donors (Lipinski definition) is 0. The predicted molar refractivity (Wildman–Crippen MR) is 92.8 cm³/mol. The van der Waals surface area contributed by atoms with Crippen LogP contribution < -0.4 is 0 Å². The summed E-state index contributed by atoms with van der Waals surface area (Å²) < 4.78 is 3.35. The zero-order chi connectivity index (χ0) is 16.4. The topological polar surface area (TPSA) is 0 Å². The van der Waals surface area contributed by atoms with Gasteiger partial charge in [-0.2, -0.15) is 0 Å². The second-order valence-corrected chi connectivity index (χ2v) is 8.71. The highest BCUT2D eigenvalue weighted by atomic mass is 15.3. The van der Waals surface area contributed by atoms with Gasteiger partial charge in [0.2, 0.25) is 0 Å². The molecule has 0 aromatic carbocycles. The van der Waals surface area contributed by atoms with E-state index in [9.17, 15) is 0 Å². The minimum atomic E-state index is 1.09. The monoisotopic (exact) mass is 290 g/mol. The Hall–Kier alpha value is -0.120. The average Bonchev–Trinajstić information content (AvgIpc) is 2.23. The molecule has 0 aromatic rings. The minimum absolute atomic E-state index is 1.09. The Morgan fingerprint density at radius 2 is 0.900 bits per heavy atom. The molecule has 3 nitrogen and oxygen atoms in total. The van der Waals surface area contributed by atoms with Crippen LogP contribution in [0.25, 0.3) is 0 Å². The third kappa shape index (κ3) is 20.2. The molecule has 0 amide bonds. The molecule has 0 bridgehead atoms. The van der Waals surface area contributed by atoms with E-state index in [1.54, 1.807) is 0 Å². The summed E-state index contributed by atoms with van der Waals surface area (Å²) in [5.74, 6) is 0. The molecule has 0 N–H and O–H groups in total. The van der Waals surface area contributed by atoms with Gasteiger partial charge in [-0.15, -0.1) is 0 Å². The van der Waals surface area contributed by atoms with E-state index in [1.165, 1.54) is 45.4 Å². The Balaban J connectivity index is 0. The number of hydrogen-bond acceptors (Lipinski definition) is 0. The minimum Gasteiger partial charge on any atom is -0.331 e. The van der Waals surface area contributed by atoms with Crippen molar-refractivity contribution in [1.29, 1.82) is 0 Å². The van der Waals surface area contributed by atoms with Gasteiger partial charge < -0.3 is 13.4 Å². The third-order valence-electron chi connectivity index (χ3n) is 3.59. The van der Waals surface area contributed by atoms with Gasteiger partial charge in [0, 0.05) is 12.8 Å². The van der Waals surface area contributed by atoms with Crippen LogP contribution in [-0.4, -0.2) is 96.0 Å². The number of nitrogens with zero attached hydrogens (tertiary/aromatic N) is 3. The van der Waals surface area contributed by atoms with Gasteiger partial charge in [0.1, 0.15) is 0 Å². The fraction of sp³-hybridized carbons (Fsp3) is 1.00. The Morgan fingerprint density at radius 3 is 1.05 bits per heavy atom. The lowest BCUT2D eigenvalue weighted by Crippen LogP contribution is -2.39. The highest BCUT2D eigenvalue weighted by Gasteiger charge is 2.09. The van der Waals surface area contributed by atoms with E-state index in [2.05, 4.69) is 70.2 Å². The molecule has 0 rings (SSSR count).